The maximum absolute atomic E-state index is 13.4. The lowest BCUT2D eigenvalue weighted by molar-refractivity contribution is -0.136. The van der Waals surface area contributed by atoms with E-state index in [0.717, 1.165) is 0 Å². The molecule has 0 aliphatic rings. The first-order valence-corrected chi connectivity index (χ1v) is 6.50. The van der Waals surface area contributed by atoms with Crippen LogP contribution in [0.4, 0.5) is 17.6 Å². The lowest BCUT2D eigenvalue weighted by Gasteiger charge is -2.09. The second-order valence-electron chi connectivity index (χ2n) is 3.95. The summed E-state index contributed by atoms with van der Waals surface area (Å²) in [6.07, 6.45) is -4.90. The van der Waals surface area contributed by atoms with Gasteiger partial charge in [0, 0.05) is 24.3 Å². The van der Waals surface area contributed by atoms with Gasteiger partial charge in [0.15, 0.2) is 11.6 Å². The molecule has 0 amide bonds. The van der Waals surface area contributed by atoms with Crippen molar-refractivity contribution in [3.63, 3.8) is 0 Å². The Hall–Kier alpha value is -1.41. The zero-order valence-corrected chi connectivity index (χ0v) is 11.3. The number of benzene rings is 1. The highest BCUT2D eigenvalue weighted by Crippen LogP contribution is 2.23. The number of hydrogen-bond donors (Lipinski definition) is 0. The van der Waals surface area contributed by atoms with Crippen LogP contribution in [0.5, 0.6) is 5.75 Å². The van der Waals surface area contributed by atoms with Crippen molar-refractivity contribution in [2.24, 2.45) is 0 Å². The minimum atomic E-state index is -4.23. The number of rotatable bonds is 5. The van der Waals surface area contributed by atoms with Crippen LogP contribution in [0.25, 0.3) is 0 Å². The largest absolute Gasteiger partial charge is 0.490 e. The van der Waals surface area contributed by atoms with Gasteiger partial charge in [-0.15, -0.1) is 11.6 Å². The van der Waals surface area contributed by atoms with E-state index in [1.54, 1.807) is 0 Å². The smallest absolute Gasteiger partial charge is 0.389 e. The molecule has 0 heterocycles. The Bertz CT molecular complexity index is 488. The van der Waals surface area contributed by atoms with Crippen molar-refractivity contribution in [2.75, 3.05) is 12.5 Å². The van der Waals surface area contributed by atoms with Gasteiger partial charge in [-0.2, -0.15) is 13.2 Å². The van der Waals surface area contributed by atoms with Gasteiger partial charge in [0.2, 0.25) is 0 Å². The highest BCUT2D eigenvalue weighted by Gasteiger charge is 2.26. The molecule has 0 bridgehead atoms. The van der Waals surface area contributed by atoms with E-state index < -0.39 is 18.4 Å². The van der Waals surface area contributed by atoms with Gasteiger partial charge in [0.1, 0.15) is 0 Å². The second-order valence-corrected chi connectivity index (χ2v) is 4.33. The Morgan fingerprint density at radius 3 is 2.65 bits per heavy atom. The van der Waals surface area contributed by atoms with Crippen LogP contribution in [0, 0.1) is 17.7 Å². The predicted molar refractivity (Wildman–Crippen MR) is 69.4 cm³/mol. The molecule has 0 atom stereocenters. The van der Waals surface area contributed by atoms with E-state index in [1.165, 1.54) is 18.2 Å². The Morgan fingerprint density at radius 1 is 1.25 bits per heavy atom. The number of halogens is 5. The van der Waals surface area contributed by atoms with Gasteiger partial charge in [0.25, 0.3) is 0 Å². The van der Waals surface area contributed by atoms with Crippen molar-refractivity contribution >= 4 is 11.6 Å². The van der Waals surface area contributed by atoms with Crippen molar-refractivity contribution in [3.05, 3.63) is 29.6 Å². The van der Waals surface area contributed by atoms with Crippen molar-refractivity contribution in [1.29, 1.82) is 0 Å². The molecule has 20 heavy (non-hydrogen) atoms. The molecule has 0 radical (unpaired) electrons. The summed E-state index contributed by atoms with van der Waals surface area (Å²) in [7, 11) is 0. The molecule has 0 aromatic heterocycles. The number of hydrogen-bond acceptors (Lipinski definition) is 1. The Morgan fingerprint density at radius 2 is 2.00 bits per heavy atom. The van der Waals surface area contributed by atoms with Crippen LogP contribution in [0.3, 0.4) is 0 Å². The maximum Gasteiger partial charge on any atom is 0.389 e. The molecule has 0 aliphatic heterocycles. The van der Waals surface area contributed by atoms with E-state index in [9.17, 15) is 17.6 Å². The Kier molecular flexibility index (Phi) is 6.66. The first-order chi connectivity index (χ1) is 9.42. The molecule has 0 saturated carbocycles. The average Bonchev–Trinajstić information content (AvgIpc) is 2.37. The van der Waals surface area contributed by atoms with Crippen LogP contribution in [0.1, 0.15) is 24.8 Å². The molecule has 0 aliphatic carbocycles. The summed E-state index contributed by atoms with van der Waals surface area (Å²) in [5.41, 5.74) is 0.530. The molecule has 1 aromatic carbocycles. The van der Waals surface area contributed by atoms with Crippen LogP contribution in [0.15, 0.2) is 18.2 Å². The fraction of sp³-hybridized carbons (Fsp3) is 0.429. The molecular weight excluding hydrogens is 296 g/mol. The zero-order valence-electron chi connectivity index (χ0n) is 10.6. The normalized spacial score (nSPS) is 10.8. The van der Waals surface area contributed by atoms with Gasteiger partial charge >= 0.3 is 6.18 Å². The lowest BCUT2D eigenvalue weighted by atomic mass is 10.2. The highest BCUT2D eigenvalue weighted by molar-refractivity contribution is 6.18. The SMILES string of the molecule is Fc1ccc(C#CCCCl)cc1OCCCC(F)(F)F. The molecule has 1 nitrogen and oxygen atoms in total. The van der Waals surface area contributed by atoms with Gasteiger partial charge in [-0.3, -0.25) is 0 Å². The topological polar surface area (TPSA) is 9.23 Å². The first-order valence-electron chi connectivity index (χ1n) is 5.96. The van der Waals surface area contributed by atoms with Gasteiger partial charge in [-0.25, -0.2) is 4.39 Å². The van der Waals surface area contributed by atoms with Crippen LogP contribution < -0.4 is 4.74 Å². The molecule has 0 fully saturated rings. The molecule has 0 N–H and O–H groups in total. The molecule has 0 unspecified atom stereocenters. The quantitative estimate of drug-likeness (QED) is 0.336. The third-order valence-corrected chi connectivity index (χ3v) is 2.43. The molecule has 1 aromatic rings. The summed E-state index contributed by atoms with van der Waals surface area (Å²) in [6, 6.07) is 4.01. The summed E-state index contributed by atoms with van der Waals surface area (Å²) in [5.74, 6) is 5.22. The van der Waals surface area contributed by atoms with Gasteiger partial charge in [-0.1, -0.05) is 11.8 Å². The van der Waals surface area contributed by atoms with Crippen molar-refractivity contribution in [1.82, 2.24) is 0 Å². The minimum Gasteiger partial charge on any atom is -0.490 e. The summed E-state index contributed by atoms with van der Waals surface area (Å²) >= 11 is 5.47. The van der Waals surface area contributed by atoms with Crippen LogP contribution >= 0.6 is 11.6 Å². The monoisotopic (exact) mass is 308 g/mol. The second kappa shape index (κ2) is 8.01. The molecule has 0 saturated heterocycles. The van der Waals surface area contributed by atoms with Crippen molar-refractivity contribution in [2.45, 2.75) is 25.4 Å². The van der Waals surface area contributed by atoms with Crippen LogP contribution in [-0.4, -0.2) is 18.7 Å². The van der Waals surface area contributed by atoms with E-state index >= 15 is 0 Å². The van der Waals surface area contributed by atoms with Gasteiger partial charge in [-0.05, 0) is 24.6 Å². The molecule has 0 spiro atoms. The van der Waals surface area contributed by atoms with E-state index in [4.69, 9.17) is 16.3 Å². The molecule has 6 heteroatoms. The van der Waals surface area contributed by atoms with Gasteiger partial charge < -0.3 is 4.74 Å². The summed E-state index contributed by atoms with van der Waals surface area (Å²) in [4.78, 5) is 0. The van der Waals surface area contributed by atoms with E-state index in [2.05, 4.69) is 11.8 Å². The van der Waals surface area contributed by atoms with Crippen molar-refractivity contribution in [3.8, 4) is 17.6 Å². The fourth-order valence-corrected chi connectivity index (χ4v) is 1.45. The third kappa shape index (κ3) is 6.67. The lowest BCUT2D eigenvalue weighted by Crippen LogP contribution is -2.10. The summed E-state index contributed by atoms with van der Waals surface area (Å²) < 4.78 is 54.2. The number of ether oxygens (including phenoxy) is 1. The maximum atomic E-state index is 13.4. The third-order valence-electron chi connectivity index (χ3n) is 2.25. The average molecular weight is 309 g/mol. The van der Waals surface area contributed by atoms with E-state index in [1.807, 2.05) is 0 Å². The summed E-state index contributed by atoms with van der Waals surface area (Å²) in [6.45, 7) is -0.199. The van der Waals surface area contributed by atoms with E-state index in [-0.39, 0.29) is 18.8 Å². The summed E-state index contributed by atoms with van der Waals surface area (Å²) in [5, 5.41) is 0. The zero-order chi connectivity index (χ0) is 15.0. The standard InChI is InChI=1S/C14H13ClF4O/c15-8-2-1-4-11-5-6-12(16)13(10-11)20-9-3-7-14(17,18)19/h5-6,10H,2-3,7-9H2. The predicted octanol–water partition coefficient (Wildman–Crippen LogP) is 4.53. The molecule has 1 rings (SSSR count). The number of alkyl halides is 4. The molecule has 110 valence electrons. The minimum absolute atomic E-state index is 0.0927. The fourth-order valence-electron chi connectivity index (χ4n) is 1.36. The van der Waals surface area contributed by atoms with Crippen LogP contribution in [0.2, 0.25) is 0 Å². The van der Waals surface area contributed by atoms with E-state index in [0.29, 0.717) is 17.9 Å². The Labute approximate surface area is 119 Å². The highest BCUT2D eigenvalue weighted by atomic mass is 35.5. The Balaban J connectivity index is 2.57. The van der Waals surface area contributed by atoms with Gasteiger partial charge in [0.05, 0.1) is 6.61 Å². The molecular formula is C14H13ClF4O. The first kappa shape index (κ1) is 16.6. The van der Waals surface area contributed by atoms with Crippen molar-refractivity contribution < 1.29 is 22.3 Å². The van der Waals surface area contributed by atoms with Crippen LogP contribution in [-0.2, 0) is 0 Å².